The number of amides is 1. The van der Waals surface area contributed by atoms with E-state index in [4.69, 9.17) is 15.0 Å². The maximum Gasteiger partial charge on any atom is 0.279 e. The Kier molecular flexibility index (Phi) is 7.03. The van der Waals surface area contributed by atoms with E-state index >= 15 is 0 Å². The predicted molar refractivity (Wildman–Crippen MR) is 151 cm³/mol. The maximum atomic E-state index is 12.8. The Labute approximate surface area is 226 Å². The van der Waals surface area contributed by atoms with Gasteiger partial charge in [-0.15, -0.1) is 0 Å². The molecule has 11 nitrogen and oxygen atoms in total. The molecule has 2 aromatic heterocycles. The van der Waals surface area contributed by atoms with Crippen LogP contribution in [0, 0.1) is 0 Å². The summed E-state index contributed by atoms with van der Waals surface area (Å²) in [5.41, 5.74) is 2.26. The Bertz CT molecular complexity index is 1430. The van der Waals surface area contributed by atoms with Crippen molar-refractivity contribution in [3.8, 4) is 5.88 Å². The van der Waals surface area contributed by atoms with E-state index in [1.54, 1.807) is 36.4 Å². The van der Waals surface area contributed by atoms with Crippen molar-refractivity contribution in [2.24, 2.45) is 0 Å². The van der Waals surface area contributed by atoms with Crippen LogP contribution in [0.1, 0.15) is 49.0 Å². The molecule has 2 aromatic carbocycles. The number of fused-ring (bicyclic) bond motifs is 1. The number of nitrogens with one attached hydrogen (secondary N) is 2. The van der Waals surface area contributed by atoms with Gasteiger partial charge in [-0.3, -0.25) is 4.79 Å². The van der Waals surface area contributed by atoms with E-state index < -0.39 is 11.8 Å². The predicted octanol–water partition coefficient (Wildman–Crippen LogP) is 4.50. The quantitative estimate of drug-likeness (QED) is 0.331. The number of rotatable bonds is 6. The highest BCUT2D eigenvalue weighted by Crippen LogP contribution is 2.25. The second-order valence-electron chi connectivity index (χ2n) is 9.90. The number of piperidine rings is 2. The highest BCUT2D eigenvalue weighted by Gasteiger charge is 2.21. The molecule has 1 amide bonds. The molecular weight excluding hydrogens is 494 g/mol. The average Bonchev–Trinajstić information content (AvgIpc) is 2.98. The number of aromatic hydroxyl groups is 1. The van der Waals surface area contributed by atoms with Crippen molar-refractivity contribution in [1.82, 2.24) is 24.9 Å². The summed E-state index contributed by atoms with van der Waals surface area (Å²) in [6.45, 7) is 3.81. The topological polar surface area (TPSA) is 132 Å². The van der Waals surface area contributed by atoms with E-state index in [0.29, 0.717) is 34.6 Å². The largest absolute Gasteiger partial charge is 0.492 e. The third kappa shape index (κ3) is 5.66. The fourth-order valence-corrected chi connectivity index (χ4v) is 4.98. The third-order valence-electron chi connectivity index (χ3n) is 7.06. The molecule has 0 radical (unpaired) electrons. The lowest BCUT2D eigenvalue weighted by Crippen LogP contribution is -2.34. The van der Waals surface area contributed by atoms with E-state index in [2.05, 4.69) is 30.4 Å². The molecule has 2 aliphatic rings. The molecule has 0 bridgehead atoms. The number of carbonyl (C=O) groups is 1. The Balaban J connectivity index is 1.19. The van der Waals surface area contributed by atoms with E-state index in [9.17, 15) is 9.90 Å². The Morgan fingerprint density at radius 3 is 1.79 bits per heavy atom. The van der Waals surface area contributed by atoms with Crippen molar-refractivity contribution in [3.05, 3.63) is 54.2 Å². The van der Waals surface area contributed by atoms with Gasteiger partial charge in [-0.2, -0.15) is 15.0 Å². The summed E-state index contributed by atoms with van der Waals surface area (Å²) in [6, 6.07) is 14.3. The van der Waals surface area contributed by atoms with Gasteiger partial charge in [-0.05, 0) is 74.9 Å². The molecule has 39 heavy (non-hydrogen) atoms. The molecule has 0 spiro atoms. The molecule has 0 atom stereocenters. The van der Waals surface area contributed by atoms with E-state index in [-0.39, 0.29) is 5.69 Å². The average molecular weight is 526 g/mol. The standard InChI is InChI=1S/C28H31N9O2/c38-24(23-25(39)32-22-10-4-3-9-21(22)31-23)29-19-11-13-20(14-12-19)30-26-33-27(36-15-5-1-6-16-36)35-28(34-26)37-17-7-2-8-18-37/h3-4,9-14H,1-2,5-8,15-18H2,(H,29,38)(H,32,39)(H,30,33,34,35). The highest BCUT2D eigenvalue weighted by molar-refractivity contribution is 6.05. The van der Waals surface area contributed by atoms with Crippen molar-refractivity contribution in [3.63, 3.8) is 0 Å². The first-order chi connectivity index (χ1) is 19.1. The molecule has 6 rings (SSSR count). The number of hydrogen-bond acceptors (Lipinski definition) is 10. The van der Waals surface area contributed by atoms with Gasteiger partial charge in [-0.25, -0.2) is 9.97 Å². The summed E-state index contributed by atoms with van der Waals surface area (Å²) in [5.74, 6) is 0.981. The normalized spacial score (nSPS) is 15.8. The van der Waals surface area contributed by atoms with Crippen LogP contribution in [-0.4, -0.2) is 62.1 Å². The van der Waals surface area contributed by atoms with Crippen LogP contribution in [0.4, 0.5) is 29.2 Å². The molecule has 0 unspecified atom stereocenters. The van der Waals surface area contributed by atoms with E-state index in [1.165, 1.54) is 12.8 Å². The van der Waals surface area contributed by atoms with Gasteiger partial charge in [-0.1, -0.05) is 12.1 Å². The summed E-state index contributed by atoms with van der Waals surface area (Å²) < 4.78 is 0. The van der Waals surface area contributed by atoms with Crippen molar-refractivity contribution < 1.29 is 9.90 Å². The summed E-state index contributed by atoms with van der Waals surface area (Å²) in [6.07, 6.45) is 7.04. The molecule has 0 saturated carbocycles. The zero-order valence-electron chi connectivity index (χ0n) is 21.7. The van der Waals surface area contributed by atoms with Gasteiger partial charge in [0.05, 0.1) is 11.0 Å². The number of anilines is 5. The summed E-state index contributed by atoms with van der Waals surface area (Å²) in [7, 11) is 0. The minimum atomic E-state index is -0.540. The SMILES string of the molecule is O=C(Nc1ccc(Nc2nc(N3CCCCC3)nc(N3CCCCC3)n2)cc1)c1nc2ccccc2nc1O. The van der Waals surface area contributed by atoms with Crippen LogP contribution < -0.4 is 20.4 Å². The molecule has 11 heteroatoms. The smallest absolute Gasteiger partial charge is 0.279 e. The molecule has 200 valence electrons. The second kappa shape index (κ2) is 11.1. The Hall–Kier alpha value is -4.54. The first-order valence-corrected chi connectivity index (χ1v) is 13.5. The fraction of sp³-hybridized carbons (Fsp3) is 0.357. The lowest BCUT2D eigenvalue weighted by atomic mass is 10.1. The van der Waals surface area contributed by atoms with Gasteiger partial charge >= 0.3 is 0 Å². The van der Waals surface area contributed by atoms with Gasteiger partial charge in [0.15, 0.2) is 5.69 Å². The number of benzene rings is 2. The van der Waals surface area contributed by atoms with Crippen LogP contribution in [0.3, 0.4) is 0 Å². The van der Waals surface area contributed by atoms with Gasteiger partial charge in [0, 0.05) is 37.6 Å². The van der Waals surface area contributed by atoms with Crippen LogP contribution in [0.25, 0.3) is 11.0 Å². The van der Waals surface area contributed by atoms with Gasteiger partial charge in [0.1, 0.15) is 0 Å². The lowest BCUT2D eigenvalue weighted by Gasteiger charge is -2.30. The zero-order chi connectivity index (χ0) is 26.6. The first-order valence-electron chi connectivity index (χ1n) is 13.5. The molecule has 2 aliphatic heterocycles. The zero-order valence-corrected chi connectivity index (χ0v) is 21.7. The van der Waals surface area contributed by atoms with Crippen molar-refractivity contribution in [1.29, 1.82) is 0 Å². The van der Waals surface area contributed by atoms with Gasteiger partial charge in [0.25, 0.3) is 5.91 Å². The molecule has 2 saturated heterocycles. The van der Waals surface area contributed by atoms with E-state index in [1.807, 2.05) is 12.1 Å². The first kappa shape index (κ1) is 24.8. The van der Waals surface area contributed by atoms with Crippen LogP contribution in [0.5, 0.6) is 5.88 Å². The lowest BCUT2D eigenvalue weighted by molar-refractivity contribution is 0.101. The van der Waals surface area contributed by atoms with Gasteiger partial charge in [0.2, 0.25) is 23.7 Å². The third-order valence-corrected chi connectivity index (χ3v) is 7.06. The summed E-state index contributed by atoms with van der Waals surface area (Å²) in [5, 5.41) is 16.3. The monoisotopic (exact) mass is 525 g/mol. The van der Waals surface area contributed by atoms with E-state index in [0.717, 1.165) is 57.5 Å². The number of carbonyl (C=O) groups excluding carboxylic acids is 1. The molecule has 2 fully saturated rings. The van der Waals surface area contributed by atoms with Crippen LogP contribution in [0.2, 0.25) is 0 Å². The highest BCUT2D eigenvalue weighted by atomic mass is 16.3. The molecule has 4 aromatic rings. The van der Waals surface area contributed by atoms with Crippen LogP contribution in [-0.2, 0) is 0 Å². The number of hydrogen-bond donors (Lipinski definition) is 3. The number of aromatic nitrogens is 5. The van der Waals surface area contributed by atoms with Crippen LogP contribution >= 0.6 is 0 Å². The molecular formula is C28H31N9O2. The second-order valence-corrected chi connectivity index (χ2v) is 9.90. The molecule has 3 N–H and O–H groups in total. The molecule has 0 aliphatic carbocycles. The minimum absolute atomic E-state index is 0.128. The van der Waals surface area contributed by atoms with Gasteiger partial charge < -0.3 is 25.5 Å². The summed E-state index contributed by atoms with van der Waals surface area (Å²) >= 11 is 0. The minimum Gasteiger partial charge on any atom is -0.492 e. The Morgan fingerprint density at radius 2 is 1.21 bits per heavy atom. The van der Waals surface area contributed by atoms with Crippen molar-refractivity contribution >= 4 is 46.2 Å². The summed E-state index contributed by atoms with van der Waals surface area (Å²) in [4.78, 5) is 40.0. The molecule has 4 heterocycles. The maximum absolute atomic E-state index is 12.8. The number of nitrogens with zero attached hydrogens (tertiary/aromatic N) is 7. The Morgan fingerprint density at radius 1 is 0.667 bits per heavy atom. The van der Waals surface area contributed by atoms with Crippen LogP contribution in [0.15, 0.2) is 48.5 Å². The van der Waals surface area contributed by atoms with Crippen molar-refractivity contribution in [2.75, 3.05) is 46.6 Å². The fourth-order valence-electron chi connectivity index (χ4n) is 4.98. The van der Waals surface area contributed by atoms with Crippen molar-refractivity contribution in [2.45, 2.75) is 38.5 Å². The number of para-hydroxylation sites is 2.